The zero-order valence-electron chi connectivity index (χ0n) is 8.83. The van der Waals surface area contributed by atoms with Crippen molar-refractivity contribution in [3.8, 4) is 0 Å². The van der Waals surface area contributed by atoms with Crippen LogP contribution in [0.25, 0.3) is 0 Å². The number of nitrogens with two attached hydrogens (primary N) is 1. The maximum Gasteiger partial charge on any atom is 0.0542 e. The standard InChI is InChI=1S/C11H14Cl2N2S/c12-8-1-2-10(13)11(5-8)16-4-3-15-6-9(14)7-15/h1-2,5,9H,3-4,6-7,14H2. The van der Waals surface area contributed by atoms with Crippen LogP contribution in [0.3, 0.4) is 0 Å². The zero-order chi connectivity index (χ0) is 11.5. The number of nitrogens with zero attached hydrogens (tertiary/aromatic N) is 1. The molecule has 0 bridgehead atoms. The minimum absolute atomic E-state index is 0.375. The van der Waals surface area contributed by atoms with Crippen LogP contribution >= 0.6 is 35.0 Å². The van der Waals surface area contributed by atoms with Gasteiger partial charge in [0.25, 0.3) is 0 Å². The van der Waals surface area contributed by atoms with Crippen molar-refractivity contribution in [2.45, 2.75) is 10.9 Å². The monoisotopic (exact) mass is 276 g/mol. The summed E-state index contributed by atoms with van der Waals surface area (Å²) >= 11 is 13.7. The van der Waals surface area contributed by atoms with Crippen molar-refractivity contribution in [3.05, 3.63) is 28.2 Å². The molecule has 0 aliphatic carbocycles. The Morgan fingerprint density at radius 3 is 2.81 bits per heavy atom. The van der Waals surface area contributed by atoms with E-state index in [0.29, 0.717) is 6.04 Å². The molecule has 1 aliphatic rings. The number of hydrogen-bond acceptors (Lipinski definition) is 3. The molecule has 88 valence electrons. The number of halogens is 2. The van der Waals surface area contributed by atoms with Crippen LogP contribution in [0.5, 0.6) is 0 Å². The molecular formula is C11H14Cl2N2S. The first-order chi connectivity index (χ1) is 7.65. The summed E-state index contributed by atoms with van der Waals surface area (Å²) in [6, 6.07) is 5.93. The first-order valence-corrected chi connectivity index (χ1v) is 6.95. The third-order valence-electron chi connectivity index (χ3n) is 2.54. The molecule has 1 fully saturated rings. The summed E-state index contributed by atoms with van der Waals surface area (Å²) in [5.41, 5.74) is 5.71. The quantitative estimate of drug-likeness (QED) is 0.858. The maximum atomic E-state index is 6.07. The number of benzene rings is 1. The maximum absolute atomic E-state index is 6.07. The highest BCUT2D eigenvalue weighted by atomic mass is 35.5. The minimum Gasteiger partial charge on any atom is -0.325 e. The SMILES string of the molecule is NC1CN(CCSc2cc(Cl)ccc2Cl)C1. The first-order valence-electron chi connectivity index (χ1n) is 5.21. The molecule has 0 unspecified atom stereocenters. The van der Waals surface area contributed by atoms with Crippen LogP contribution in [0.4, 0.5) is 0 Å². The van der Waals surface area contributed by atoms with Gasteiger partial charge in [0.05, 0.1) is 5.02 Å². The van der Waals surface area contributed by atoms with Crippen LogP contribution in [0.1, 0.15) is 0 Å². The molecule has 1 aromatic rings. The Kier molecular flexibility index (Phi) is 4.39. The van der Waals surface area contributed by atoms with E-state index in [1.54, 1.807) is 11.8 Å². The molecule has 16 heavy (non-hydrogen) atoms. The fourth-order valence-electron chi connectivity index (χ4n) is 1.66. The van der Waals surface area contributed by atoms with E-state index in [2.05, 4.69) is 4.90 Å². The number of hydrogen-bond donors (Lipinski definition) is 1. The fourth-order valence-corrected chi connectivity index (χ4v) is 3.17. The van der Waals surface area contributed by atoms with E-state index in [1.165, 1.54) is 0 Å². The lowest BCUT2D eigenvalue weighted by Gasteiger charge is -2.36. The van der Waals surface area contributed by atoms with E-state index in [-0.39, 0.29) is 0 Å². The Balaban J connectivity index is 1.78. The third-order valence-corrected chi connectivity index (χ3v) is 4.26. The van der Waals surface area contributed by atoms with Crippen molar-refractivity contribution in [1.82, 2.24) is 4.90 Å². The van der Waals surface area contributed by atoms with Gasteiger partial charge in [0, 0.05) is 41.3 Å². The summed E-state index contributed by atoms with van der Waals surface area (Å²) in [5.74, 6) is 1.02. The topological polar surface area (TPSA) is 29.3 Å². The lowest BCUT2D eigenvalue weighted by atomic mass is 10.1. The van der Waals surface area contributed by atoms with Crippen LogP contribution in [0.2, 0.25) is 10.0 Å². The number of thioether (sulfide) groups is 1. The molecule has 5 heteroatoms. The molecule has 0 spiro atoms. The molecule has 2 rings (SSSR count). The van der Waals surface area contributed by atoms with E-state index in [9.17, 15) is 0 Å². The van der Waals surface area contributed by atoms with Crippen LogP contribution < -0.4 is 5.73 Å². The molecule has 0 amide bonds. The molecule has 1 aromatic carbocycles. The normalized spacial score (nSPS) is 17.4. The predicted molar refractivity (Wildman–Crippen MR) is 71.6 cm³/mol. The van der Waals surface area contributed by atoms with Gasteiger partial charge in [-0.2, -0.15) is 0 Å². The van der Waals surface area contributed by atoms with Crippen molar-refractivity contribution in [1.29, 1.82) is 0 Å². The summed E-state index contributed by atoms with van der Waals surface area (Å²) in [5, 5.41) is 1.51. The molecule has 1 saturated heterocycles. The summed E-state index contributed by atoms with van der Waals surface area (Å²) < 4.78 is 0. The first kappa shape index (κ1) is 12.5. The van der Waals surface area contributed by atoms with Crippen molar-refractivity contribution in [3.63, 3.8) is 0 Å². The van der Waals surface area contributed by atoms with Gasteiger partial charge >= 0.3 is 0 Å². The second kappa shape index (κ2) is 5.61. The lowest BCUT2D eigenvalue weighted by molar-refractivity contribution is 0.161. The number of likely N-dealkylation sites (tertiary alicyclic amines) is 1. The second-order valence-corrected chi connectivity index (χ2v) is 5.92. The average molecular weight is 277 g/mol. The van der Waals surface area contributed by atoms with Gasteiger partial charge in [-0.15, -0.1) is 11.8 Å². The Morgan fingerprint density at radius 2 is 2.12 bits per heavy atom. The van der Waals surface area contributed by atoms with E-state index in [4.69, 9.17) is 28.9 Å². The Labute approximate surface area is 110 Å². The number of rotatable bonds is 4. The van der Waals surface area contributed by atoms with Gasteiger partial charge in [0.2, 0.25) is 0 Å². The highest BCUT2D eigenvalue weighted by Crippen LogP contribution is 2.29. The predicted octanol–water partition coefficient (Wildman–Crippen LogP) is 2.73. The third kappa shape index (κ3) is 3.28. The van der Waals surface area contributed by atoms with Crippen LogP contribution in [0, 0.1) is 0 Å². The van der Waals surface area contributed by atoms with Gasteiger partial charge in [0.15, 0.2) is 0 Å². The van der Waals surface area contributed by atoms with Crippen molar-refractivity contribution >= 4 is 35.0 Å². The van der Waals surface area contributed by atoms with Gasteiger partial charge in [-0.05, 0) is 18.2 Å². The van der Waals surface area contributed by atoms with Gasteiger partial charge < -0.3 is 5.73 Å². The van der Waals surface area contributed by atoms with Crippen molar-refractivity contribution in [2.24, 2.45) is 5.73 Å². The molecule has 1 aliphatic heterocycles. The average Bonchev–Trinajstić information content (AvgIpc) is 2.20. The lowest BCUT2D eigenvalue weighted by Crippen LogP contribution is -2.56. The Bertz CT molecular complexity index is 367. The molecule has 0 atom stereocenters. The smallest absolute Gasteiger partial charge is 0.0542 e. The Morgan fingerprint density at radius 1 is 1.38 bits per heavy atom. The molecule has 0 saturated carbocycles. The van der Waals surface area contributed by atoms with Crippen molar-refractivity contribution in [2.75, 3.05) is 25.4 Å². The summed E-state index contributed by atoms with van der Waals surface area (Å²) in [6.07, 6.45) is 0. The molecule has 2 N–H and O–H groups in total. The molecular weight excluding hydrogens is 263 g/mol. The van der Waals surface area contributed by atoms with Gasteiger partial charge in [-0.3, -0.25) is 4.90 Å². The van der Waals surface area contributed by atoms with E-state index in [1.807, 2.05) is 18.2 Å². The van der Waals surface area contributed by atoms with Crippen LogP contribution in [0.15, 0.2) is 23.1 Å². The van der Waals surface area contributed by atoms with E-state index in [0.717, 1.165) is 40.3 Å². The zero-order valence-corrected chi connectivity index (χ0v) is 11.2. The van der Waals surface area contributed by atoms with Gasteiger partial charge in [-0.1, -0.05) is 23.2 Å². The minimum atomic E-state index is 0.375. The Hall–Kier alpha value is 0.0700. The highest BCUT2D eigenvalue weighted by Gasteiger charge is 2.21. The molecule has 0 aromatic heterocycles. The van der Waals surface area contributed by atoms with Gasteiger partial charge in [-0.25, -0.2) is 0 Å². The molecule has 0 radical (unpaired) electrons. The van der Waals surface area contributed by atoms with E-state index >= 15 is 0 Å². The van der Waals surface area contributed by atoms with Gasteiger partial charge in [0.1, 0.15) is 0 Å². The summed E-state index contributed by atoms with van der Waals surface area (Å²) in [6.45, 7) is 3.09. The fraction of sp³-hybridized carbons (Fsp3) is 0.455. The van der Waals surface area contributed by atoms with Crippen molar-refractivity contribution < 1.29 is 0 Å². The largest absolute Gasteiger partial charge is 0.325 e. The summed E-state index contributed by atoms with van der Waals surface area (Å²) in [7, 11) is 0. The molecule has 2 nitrogen and oxygen atoms in total. The van der Waals surface area contributed by atoms with Crippen LogP contribution in [-0.4, -0.2) is 36.3 Å². The summed E-state index contributed by atoms with van der Waals surface area (Å²) in [4.78, 5) is 3.40. The van der Waals surface area contributed by atoms with E-state index < -0.39 is 0 Å². The highest BCUT2D eigenvalue weighted by molar-refractivity contribution is 7.99. The molecule has 1 heterocycles. The second-order valence-electron chi connectivity index (χ2n) is 3.94. The van der Waals surface area contributed by atoms with Crippen LogP contribution in [-0.2, 0) is 0 Å².